The first kappa shape index (κ1) is 9.05. The van der Waals surface area contributed by atoms with Crippen LogP contribution in [0.2, 0.25) is 0 Å². The van der Waals surface area contributed by atoms with Crippen molar-refractivity contribution in [3.8, 4) is 0 Å². The molecule has 2 atom stereocenters. The zero-order valence-corrected chi connectivity index (χ0v) is 7.93. The summed E-state index contributed by atoms with van der Waals surface area (Å²) in [6.07, 6.45) is 4.23. The average Bonchev–Trinajstić information content (AvgIpc) is 2.08. The van der Waals surface area contributed by atoms with Gasteiger partial charge in [-0.25, -0.2) is 0 Å². The zero-order chi connectivity index (χ0) is 8.48. The Kier molecular flexibility index (Phi) is 2.58. The first-order valence-corrected chi connectivity index (χ1v) is 4.74. The molecule has 1 aliphatic rings. The van der Waals surface area contributed by atoms with E-state index in [1.807, 2.05) is 0 Å². The van der Waals surface area contributed by atoms with Gasteiger partial charge in [0.25, 0.3) is 0 Å². The van der Waals surface area contributed by atoms with Gasteiger partial charge in [0.1, 0.15) is 0 Å². The molecule has 0 bridgehead atoms. The van der Waals surface area contributed by atoms with Gasteiger partial charge in [-0.15, -0.1) is 0 Å². The summed E-state index contributed by atoms with van der Waals surface area (Å²) in [5, 5.41) is 10.0. The first-order chi connectivity index (χ1) is 5.02. The molecule has 1 aliphatic carbocycles. The van der Waals surface area contributed by atoms with Gasteiger partial charge < -0.3 is 5.11 Å². The minimum atomic E-state index is -0.312. The molecular weight excluding hydrogens is 136 g/mol. The lowest BCUT2D eigenvalue weighted by atomic mass is 9.90. The molecule has 0 spiro atoms. The van der Waals surface area contributed by atoms with E-state index >= 15 is 0 Å². The van der Waals surface area contributed by atoms with Crippen LogP contribution in [0.5, 0.6) is 0 Å². The third kappa shape index (κ3) is 2.48. The van der Waals surface area contributed by atoms with E-state index in [0.717, 1.165) is 25.2 Å². The van der Waals surface area contributed by atoms with Gasteiger partial charge in [0.15, 0.2) is 0 Å². The molecular formula is C10H20O. The predicted octanol–water partition coefficient (Wildman–Crippen LogP) is 2.58. The number of aliphatic hydroxyl groups is 1. The maximum Gasteiger partial charge on any atom is 0.0652 e. The van der Waals surface area contributed by atoms with Crippen molar-refractivity contribution < 1.29 is 5.11 Å². The summed E-state index contributed by atoms with van der Waals surface area (Å²) in [6, 6.07) is 0. The lowest BCUT2D eigenvalue weighted by Gasteiger charge is -2.24. The summed E-state index contributed by atoms with van der Waals surface area (Å²) in [5.41, 5.74) is -0.312. The van der Waals surface area contributed by atoms with Crippen molar-refractivity contribution in [2.75, 3.05) is 0 Å². The molecule has 0 radical (unpaired) electrons. The molecule has 0 amide bonds. The average molecular weight is 156 g/mol. The van der Waals surface area contributed by atoms with E-state index in [9.17, 15) is 5.11 Å². The van der Waals surface area contributed by atoms with Crippen LogP contribution in [0.3, 0.4) is 0 Å². The zero-order valence-electron chi connectivity index (χ0n) is 7.93. The van der Waals surface area contributed by atoms with Crippen LogP contribution < -0.4 is 0 Å². The van der Waals surface area contributed by atoms with Crippen LogP contribution in [0.4, 0.5) is 0 Å². The Hall–Kier alpha value is -0.0400. The van der Waals surface area contributed by atoms with Crippen molar-refractivity contribution in [3.05, 3.63) is 0 Å². The summed E-state index contributed by atoms with van der Waals surface area (Å²) in [4.78, 5) is 0. The fraction of sp³-hybridized carbons (Fsp3) is 1.00. The fourth-order valence-corrected chi connectivity index (χ4v) is 2.31. The summed E-state index contributed by atoms with van der Waals surface area (Å²) in [6.45, 7) is 6.60. The van der Waals surface area contributed by atoms with Gasteiger partial charge in [-0.3, -0.25) is 0 Å². The fourth-order valence-electron chi connectivity index (χ4n) is 2.31. The SMILES string of the molecule is CC(C)CC1(O)CCC(C)C1. The van der Waals surface area contributed by atoms with Crippen molar-refractivity contribution in [1.82, 2.24) is 0 Å². The van der Waals surface area contributed by atoms with Crippen LogP contribution in [0.1, 0.15) is 46.5 Å². The second-order valence-electron chi connectivity index (χ2n) is 4.67. The van der Waals surface area contributed by atoms with Gasteiger partial charge in [-0.1, -0.05) is 20.8 Å². The Balaban J connectivity index is 2.42. The molecule has 66 valence electrons. The van der Waals surface area contributed by atoms with Crippen molar-refractivity contribution in [1.29, 1.82) is 0 Å². The largest absolute Gasteiger partial charge is 0.390 e. The molecule has 11 heavy (non-hydrogen) atoms. The number of rotatable bonds is 2. The van der Waals surface area contributed by atoms with Gasteiger partial charge in [0.05, 0.1) is 5.60 Å². The van der Waals surface area contributed by atoms with Crippen molar-refractivity contribution in [3.63, 3.8) is 0 Å². The number of hydrogen-bond acceptors (Lipinski definition) is 1. The smallest absolute Gasteiger partial charge is 0.0652 e. The van der Waals surface area contributed by atoms with Gasteiger partial charge in [-0.05, 0) is 37.5 Å². The van der Waals surface area contributed by atoms with Crippen molar-refractivity contribution >= 4 is 0 Å². The van der Waals surface area contributed by atoms with Crippen LogP contribution in [-0.4, -0.2) is 10.7 Å². The molecule has 1 N–H and O–H groups in total. The van der Waals surface area contributed by atoms with E-state index in [2.05, 4.69) is 20.8 Å². The lowest BCUT2D eigenvalue weighted by molar-refractivity contribution is 0.0235. The molecule has 1 fully saturated rings. The van der Waals surface area contributed by atoms with Crippen LogP contribution in [0.15, 0.2) is 0 Å². The van der Waals surface area contributed by atoms with Crippen LogP contribution in [0.25, 0.3) is 0 Å². The summed E-state index contributed by atoms with van der Waals surface area (Å²) in [5.74, 6) is 1.36. The van der Waals surface area contributed by atoms with Crippen LogP contribution in [0, 0.1) is 11.8 Å². The highest BCUT2D eigenvalue weighted by atomic mass is 16.3. The Morgan fingerprint density at radius 2 is 2.18 bits per heavy atom. The van der Waals surface area contributed by atoms with Crippen LogP contribution in [-0.2, 0) is 0 Å². The summed E-state index contributed by atoms with van der Waals surface area (Å²) in [7, 11) is 0. The monoisotopic (exact) mass is 156 g/mol. The molecule has 0 aromatic rings. The second-order valence-corrected chi connectivity index (χ2v) is 4.67. The Morgan fingerprint density at radius 3 is 2.55 bits per heavy atom. The molecule has 1 saturated carbocycles. The summed E-state index contributed by atoms with van der Waals surface area (Å²) >= 11 is 0. The molecule has 0 aromatic carbocycles. The van der Waals surface area contributed by atoms with Gasteiger partial charge in [0.2, 0.25) is 0 Å². The van der Waals surface area contributed by atoms with E-state index in [-0.39, 0.29) is 5.60 Å². The maximum absolute atomic E-state index is 10.0. The Bertz CT molecular complexity index is 131. The molecule has 2 unspecified atom stereocenters. The van der Waals surface area contributed by atoms with Crippen molar-refractivity contribution in [2.45, 2.75) is 52.1 Å². The van der Waals surface area contributed by atoms with Gasteiger partial charge in [0, 0.05) is 0 Å². The van der Waals surface area contributed by atoms with Gasteiger partial charge in [-0.2, -0.15) is 0 Å². The highest BCUT2D eigenvalue weighted by Crippen LogP contribution is 2.38. The van der Waals surface area contributed by atoms with E-state index < -0.39 is 0 Å². The molecule has 0 aliphatic heterocycles. The molecule has 0 heterocycles. The minimum Gasteiger partial charge on any atom is -0.390 e. The molecule has 1 rings (SSSR count). The summed E-state index contributed by atoms with van der Waals surface area (Å²) < 4.78 is 0. The topological polar surface area (TPSA) is 20.2 Å². The van der Waals surface area contributed by atoms with Crippen molar-refractivity contribution in [2.24, 2.45) is 11.8 Å². The quantitative estimate of drug-likeness (QED) is 0.651. The second kappa shape index (κ2) is 3.14. The predicted molar refractivity (Wildman–Crippen MR) is 47.4 cm³/mol. The number of hydrogen-bond donors (Lipinski definition) is 1. The van der Waals surface area contributed by atoms with E-state index in [1.54, 1.807) is 0 Å². The third-order valence-electron chi connectivity index (χ3n) is 2.62. The highest BCUT2D eigenvalue weighted by molar-refractivity contribution is 4.88. The van der Waals surface area contributed by atoms with E-state index in [4.69, 9.17) is 0 Å². The molecule has 1 nitrogen and oxygen atoms in total. The first-order valence-electron chi connectivity index (χ1n) is 4.74. The molecule has 0 aromatic heterocycles. The minimum absolute atomic E-state index is 0.312. The standard InChI is InChI=1S/C10H20O/c1-8(2)6-10(11)5-4-9(3)7-10/h8-9,11H,4-7H2,1-3H3. The van der Waals surface area contributed by atoms with Gasteiger partial charge >= 0.3 is 0 Å². The molecule has 1 heteroatoms. The Morgan fingerprint density at radius 1 is 1.55 bits per heavy atom. The van der Waals surface area contributed by atoms with E-state index in [1.165, 1.54) is 6.42 Å². The third-order valence-corrected chi connectivity index (χ3v) is 2.62. The maximum atomic E-state index is 10.0. The highest BCUT2D eigenvalue weighted by Gasteiger charge is 2.35. The Labute approximate surface area is 69.8 Å². The van der Waals surface area contributed by atoms with Crippen LogP contribution >= 0.6 is 0 Å². The molecule has 0 saturated heterocycles. The van der Waals surface area contributed by atoms with E-state index in [0.29, 0.717) is 5.92 Å². The normalized spacial score (nSPS) is 38.5. The lowest BCUT2D eigenvalue weighted by Crippen LogP contribution is -2.26.